The summed E-state index contributed by atoms with van der Waals surface area (Å²) in [4.78, 5) is 35.2. The summed E-state index contributed by atoms with van der Waals surface area (Å²) in [5, 5.41) is 10.9. The predicted molar refractivity (Wildman–Crippen MR) is 142 cm³/mol. The third-order valence-corrected chi connectivity index (χ3v) is 6.85. The molecule has 0 aliphatic carbocycles. The van der Waals surface area contributed by atoms with E-state index in [2.05, 4.69) is 43.9 Å². The van der Waals surface area contributed by atoms with E-state index >= 15 is 0 Å². The maximum absolute atomic E-state index is 13.3. The molecule has 3 heterocycles. The topological polar surface area (TPSA) is 130 Å². The molecule has 0 fully saturated rings. The standard InChI is InChI=1S/C25H27N7O2S/c1-15(20-8-9-21(35-20)18-7-5-4-6-16(18)13-27-2)30-24(33)23-22-19(10-11-29-22)25(34)32(31-23)17(12-26)14-28-3/h4-12,14-15,27,29H,13,26H2,1-3H3,(H,30,33)/t15-/m1/s1. The van der Waals surface area contributed by atoms with Crippen LogP contribution in [0, 0.1) is 0 Å². The number of hydrogen-bond donors (Lipinski definition) is 4. The van der Waals surface area contributed by atoms with Gasteiger partial charge in [0.1, 0.15) is 5.70 Å². The van der Waals surface area contributed by atoms with Gasteiger partial charge >= 0.3 is 0 Å². The lowest BCUT2D eigenvalue weighted by molar-refractivity contribution is 0.0935. The van der Waals surface area contributed by atoms with Crippen molar-refractivity contribution in [1.29, 1.82) is 0 Å². The van der Waals surface area contributed by atoms with Gasteiger partial charge in [-0.1, -0.05) is 24.3 Å². The highest BCUT2D eigenvalue weighted by Crippen LogP contribution is 2.33. The minimum atomic E-state index is -0.408. The van der Waals surface area contributed by atoms with Crippen molar-refractivity contribution in [3.05, 3.63) is 81.3 Å². The third kappa shape index (κ3) is 4.79. The van der Waals surface area contributed by atoms with Gasteiger partial charge in [-0.2, -0.15) is 9.78 Å². The maximum atomic E-state index is 13.3. The van der Waals surface area contributed by atoms with Gasteiger partial charge in [-0.25, -0.2) is 0 Å². The molecule has 3 aromatic heterocycles. The number of aromatic nitrogens is 3. The number of nitrogens with two attached hydrogens (primary N) is 1. The molecule has 0 saturated carbocycles. The Morgan fingerprint density at radius 2 is 2.09 bits per heavy atom. The average Bonchev–Trinajstić information content (AvgIpc) is 3.54. The van der Waals surface area contributed by atoms with E-state index in [-0.39, 0.29) is 17.4 Å². The molecule has 1 aromatic carbocycles. The predicted octanol–water partition coefficient (Wildman–Crippen LogP) is 3.12. The van der Waals surface area contributed by atoms with Crippen LogP contribution >= 0.6 is 11.3 Å². The number of allylic oxidation sites excluding steroid dienone is 1. The van der Waals surface area contributed by atoms with Crippen molar-refractivity contribution in [2.45, 2.75) is 19.5 Å². The van der Waals surface area contributed by atoms with Crippen LogP contribution < -0.4 is 21.9 Å². The summed E-state index contributed by atoms with van der Waals surface area (Å²) >= 11 is 1.63. The van der Waals surface area contributed by atoms with Gasteiger partial charge in [-0.05, 0) is 43.3 Å². The maximum Gasteiger partial charge on any atom is 0.281 e. The van der Waals surface area contributed by atoms with Crippen LogP contribution in [0.3, 0.4) is 0 Å². The summed E-state index contributed by atoms with van der Waals surface area (Å²) in [6.07, 6.45) is 4.24. The van der Waals surface area contributed by atoms with Crippen LogP contribution in [0.25, 0.3) is 27.0 Å². The van der Waals surface area contributed by atoms with Crippen molar-refractivity contribution in [2.75, 3.05) is 14.1 Å². The lowest BCUT2D eigenvalue weighted by atomic mass is 10.1. The van der Waals surface area contributed by atoms with Crippen LogP contribution in [-0.4, -0.2) is 41.0 Å². The van der Waals surface area contributed by atoms with Crippen LogP contribution in [-0.2, 0) is 6.54 Å². The Kier molecular flexibility index (Phi) is 7.23. The van der Waals surface area contributed by atoms with Gasteiger partial charge in [-0.15, -0.1) is 11.3 Å². The normalized spacial score (nSPS) is 12.9. The second-order valence-electron chi connectivity index (χ2n) is 7.90. The zero-order valence-corrected chi connectivity index (χ0v) is 20.5. The molecule has 180 valence electrons. The fourth-order valence-electron chi connectivity index (χ4n) is 3.86. The number of H-pyrrole nitrogens is 1. The first kappa shape index (κ1) is 24.1. The molecule has 0 spiro atoms. The Morgan fingerprint density at radius 3 is 2.83 bits per heavy atom. The van der Waals surface area contributed by atoms with E-state index in [9.17, 15) is 9.59 Å². The van der Waals surface area contributed by atoms with E-state index in [1.807, 2.05) is 32.2 Å². The number of aliphatic imine (C=N–C) groups is 1. The molecule has 1 atom stereocenters. The van der Waals surface area contributed by atoms with Gasteiger partial charge in [0, 0.05) is 42.0 Å². The van der Waals surface area contributed by atoms with Crippen LogP contribution in [0.1, 0.15) is 33.9 Å². The monoisotopic (exact) mass is 489 g/mol. The number of carbonyl (C=O) groups excluding carboxylic acids is 1. The average molecular weight is 490 g/mol. The lowest BCUT2D eigenvalue weighted by Crippen LogP contribution is -2.32. The fraction of sp³-hybridized carbons (Fsp3) is 0.200. The first-order valence-electron chi connectivity index (χ1n) is 11.1. The number of nitrogens with zero attached hydrogens (tertiary/aromatic N) is 3. The highest BCUT2D eigenvalue weighted by Gasteiger charge is 2.21. The number of hydrogen-bond acceptors (Lipinski definition) is 7. The van der Waals surface area contributed by atoms with E-state index in [1.165, 1.54) is 18.0 Å². The van der Waals surface area contributed by atoms with Gasteiger partial charge in [0.15, 0.2) is 5.69 Å². The molecule has 10 heteroatoms. The fourth-order valence-corrected chi connectivity index (χ4v) is 4.93. The van der Waals surface area contributed by atoms with Crippen molar-refractivity contribution in [1.82, 2.24) is 25.4 Å². The molecule has 0 saturated heterocycles. The van der Waals surface area contributed by atoms with Gasteiger partial charge in [0.25, 0.3) is 11.5 Å². The molecule has 0 aliphatic rings. The quantitative estimate of drug-likeness (QED) is 0.283. The first-order chi connectivity index (χ1) is 17.0. The van der Waals surface area contributed by atoms with E-state index < -0.39 is 11.5 Å². The Bertz CT molecular complexity index is 1480. The molecule has 0 unspecified atom stereocenters. The molecule has 0 bridgehead atoms. The third-order valence-electron chi connectivity index (χ3n) is 5.55. The second-order valence-corrected chi connectivity index (χ2v) is 9.01. The van der Waals surface area contributed by atoms with E-state index in [4.69, 9.17) is 5.73 Å². The van der Waals surface area contributed by atoms with Crippen LogP contribution in [0.15, 0.2) is 64.6 Å². The van der Waals surface area contributed by atoms with Gasteiger partial charge < -0.3 is 21.4 Å². The van der Waals surface area contributed by atoms with Gasteiger partial charge in [0.2, 0.25) is 0 Å². The first-order valence-corrected chi connectivity index (χ1v) is 11.9. The van der Waals surface area contributed by atoms with Crippen LogP contribution in [0.5, 0.6) is 0 Å². The molecular formula is C25H27N7O2S. The highest BCUT2D eigenvalue weighted by molar-refractivity contribution is 7.15. The summed E-state index contributed by atoms with van der Waals surface area (Å²) in [5.74, 6) is -0.408. The molecule has 4 aromatic rings. The van der Waals surface area contributed by atoms with Crippen molar-refractivity contribution >= 4 is 40.1 Å². The Balaban J connectivity index is 1.64. The molecule has 5 N–H and O–H groups in total. The Morgan fingerprint density at radius 1 is 1.29 bits per heavy atom. The molecule has 1 amide bonds. The number of aromatic amines is 1. The lowest BCUT2D eigenvalue weighted by Gasteiger charge is -2.14. The van der Waals surface area contributed by atoms with Crippen LogP contribution in [0.2, 0.25) is 0 Å². The molecule has 9 nitrogen and oxygen atoms in total. The molecule has 4 rings (SSSR count). The van der Waals surface area contributed by atoms with E-state index in [0.717, 1.165) is 26.5 Å². The Hall–Kier alpha value is -4.02. The molecule has 0 aliphatic heterocycles. The van der Waals surface area contributed by atoms with E-state index in [1.54, 1.807) is 30.6 Å². The van der Waals surface area contributed by atoms with Crippen molar-refractivity contribution in [3.63, 3.8) is 0 Å². The number of nitrogens with one attached hydrogen (secondary N) is 3. The summed E-state index contributed by atoms with van der Waals surface area (Å²) in [5.41, 5.74) is 8.39. The van der Waals surface area contributed by atoms with Gasteiger partial charge in [-0.3, -0.25) is 14.6 Å². The van der Waals surface area contributed by atoms with E-state index in [0.29, 0.717) is 10.9 Å². The summed E-state index contributed by atoms with van der Waals surface area (Å²) in [7, 11) is 3.49. The largest absolute Gasteiger partial charge is 0.403 e. The molecule has 35 heavy (non-hydrogen) atoms. The smallest absolute Gasteiger partial charge is 0.281 e. The number of carbonyl (C=O) groups is 1. The summed E-state index contributed by atoms with van der Waals surface area (Å²) < 4.78 is 1.09. The SMILES string of the molecule is CN=CC(=CN)n1nc(C(=O)N[C@H](C)c2ccc(-c3ccccc3CNC)s2)c2[nH]ccc2c1=O. The van der Waals surface area contributed by atoms with Crippen molar-refractivity contribution in [3.8, 4) is 10.4 Å². The minimum absolute atomic E-state index is 0.0939. The van der Waals surface area contributed by atoms with Crippen molar-refractivity contribution in [2.24, 2.45) is 10.7 Å². The minimum Gasteiger partial charge on any atom is -0.403 e. The summed E-state index contributed by atoms with van der Waals surface area (Å²) in [6.45, 7) is 2.69. The number of fused-ring (bicyclic) bond motifs is 1. The number of amides is 1. The Labute approximate surface area is 206 Å². The number of benzene rings is 1. The summed E-state index contributed by atoms with van der Waals surface area (Å²) in [6, 6.07) is 13.7. The molecular weight excluding hydrogens is 462 g/mol. The zero-order valence-electron chi connectivity index (χ0n) is 19.7. The highest BCUT2D eigenvalue weighted by atomic mass is 32.1. The zero-order chi connectivity index (χ0) is 24.9. The van der Waals surface area contributed by atoms with Crippen molar-refractivity contribution < 1.29 is 4.79 Å². The number of rotatable bonds is 8. The second kappa shape index (κ2) is 10.5. The number of thiophene rings is 1. The van der Waals surface area contributed by atoms with Gasteiger partial charge in [0.05, 0.1) is 16.9 Å². The molecule has 0 radical (unpaired) electrons. The van der Waals surface area contributed by atoms with Crippen LogP contribution in [0.4, 0.5) is 0 Å².